The molecule has 0 saturated carbocycles. The smallest absolute Gasteiger partial charge is 0.262 e. The Morgan fingerprint density at radius 3 is 2.25 bits per heavy atom. The van der Waals surface area contributed by atoms with E-state index in [0.29, 0.717) is 40.9 Å². The van der Waals surface area contributed by atoms with Crippen LogP contribution in [0, 0.1) is 0 Å². The Bertz CT molecular complexity index is 923. The number of carbonyl (C=O) groups excluding carboxylic acids is 3. The van der Waals surface area contributed by atoms with Gasteiger partial charge in [0.15, 0.2) is 0 Å². The minimum atomic E-state index is -0.444. The minimum absolute atomic E-state index is 0.290. The third-order valence-electron chi connectivity index (χ3n) is 4.85. The number of imide groups is 1. The number of halogens is 2. The second-order valence-corrected chi connectivity index (χ2v) is 7.52. The number of morpholine rings is 1. The highest BCUT2D eigenvalue weighted by Gasteiger charge is 2.37. The van der Waals surface area contributed by atoms with Crippen LogP contribution in [0.25, 0.3) is 0 Å². The Kier molecular flexibility index (Phi) is 5.10. The lowest BCUT2D eigenvalue weighted by Gasteiger charge is -2.34. The van der Waals surface area contributed by atoms with E-state index in [1.54, 1.807) is 47.4 Å². The van der Waals surface area contributed by atoms with Gasteiger partial charge in [0.25, 0.3) is 11.8 Å². The summed E-state index contributed by atoms with van der Waals surface area (Å²) in [5, 5.41) is 0.973. The van der Waals surface area contributed by atoms with Crippen LogP contribution in [0.1, 0.15) is 32.4 Å². The maximum absolute atomic E-state index is 12.8. The van der Waals surface area contributed by atoms with Crippen LogP contribution < -0.4 is 0 Å². The lowest BCUT2D eigenvalue weighted by atomic mass is 10.1. The van der Waals surface area contributed by atoms with E-state index in [0.717, 1.165) is 10.5 Å². The number of hydrogen-bond donors (Lipinski definition) is 0. The summed E-state index contributed by atoms with van der Waals surface area (Å²) in [5.74, 6) is -1.20. The molecule has 0 radical (unpaired) electrons. The Morgan fingerprint density at radius 1 is 1.04 bits per heavy atom. The highest BCUT2D eigenvalue weighted by Crippen LogP contribution is 2.28. The van der Waals surface area contributed by atoms with Crippen molar-refractivity contribution >= 4 is 40.9 Å². The molecule has 0 aromatic heterocycles. The lowest BCUT2D eigenvalue weighted by molar-refractivity contribution is -0.139. The van der Waals surface area contributed by atoms with Crippen molar-refractivity contribution in [2.45, 2.75) is 6.10 Å². The Morgan fingerprint density at radius 2 is 1.64 bits per heavy atom. The second-order valence-electron chi connectivity index (χ2n) is 6.64. The van der Waals surface area contributed by atoms with E-state index in [1.165, 1.54) is 0 Å². The van der Waals surface area contributed by atoms with Crippen molar-refractivity contribution in [3.63, 3.8) is 0 Å². The van der Waals surface area contributed by atoms with E-state index in [9.17, 15) is 14.4 Å². The summed E-state index contributed by atoms with van der Waals surface area (Å²) < 4.78 is 5.76. The van der Waals surface area contributed by atoms with Gasteiger partial charge < -0.3 is 9.64 Å². The van der Waals surface area contributed by atoms with Crippen molar-refractivity contribution in [2.75, 3.05) is 26.2 Å². The van der Waals surface area contributed by atoms with E-state index in [1.807, 2.05) is 0 Å². The van der Waals surface area contributed by atoms with Crippen molar-refractivity contribution in [2.24, 2.45) is 0 Å². The number of ether oxygens (including phenoxy) is 1. The molecule has 1 unspecified atom stereocenters. The predicted octanol–water partition coefficient (Wildman–Crippen LogP) is 3.19. The molecule has 0 N–H and O–H groups in total. The van der Waals surface area contributed by atoms with Gasteiger partial charge in [0.05, 0.1) is 24.3 Å². The summed E-state index contributed by atoms with van der Waals surface area (Å²) in [6.07, 6.45) is -0.379. The second kappa shape index (κ2) is 7.54. The van der Waals surface area contributed by atoms with Crippen LogP contribution in [0.4, 0.5) is 0 Å². The minimum Gasteiger partial charge on any atom is -0.370 e. The van der Waals surface area contributed by atoms with Crippen molar-refractivity contribution in [1.29, 1.82) is 0 Å². The van der Waals surface area contributed by atoms with Gasteiger partial charge in [-0.05, 0) is 35.9 Å². The molecule has 0 bridgehead atoms. The van der Waals surface area contributed by atoms with E-state index in [4.69, 9.17) is 27.9 Å². The van der Waals surface area contributed by atoms with Crippen molar-refractivity contribution in [3.8, 4) is 0 Å². The first-order chi connectivity index (χ1) is 13.4. The van der Waals surface area contributed by atoms with Gasteiger partial charge in [0, 0.05) is 16.6 Å². The number of amides is 3. The molecule has 2 aromatic rings. The summed E-state index contributed by atoms with van der Waals surface area (Å²) in [6.45, 7) is 0.712. The first kappa shape index (κ1) is 18.9. The molecule has 1 saturated heterocycles. The molecule has 0 aliphatic carbocycles. The molecule has 4 rings (SSSR count). The Labute approximate surface area is 171 Å². The van der Waals surface area contributed by atoms with Crippen LogP contribution >= 0.6 is 23.2 Å². The van der Waals surface area contributed by atoms with Crippen molar-refractivity contribution in [3.05, 3.63) is 69.2 Å². The van der Waals surface area contributed by atoms with Gasteiger partial charge >= 0.3 is 0 Å². The highest BCUT2D eigenvalue weighted by atomic mass is 35.5. The summed E-state index contributed by atoms with van der Waals surface area (Å²) in [5.41, 5.74) is 1.43. The molecule has 2 aromatic carbocycles. The largest absolute Gasteiger partial charge is 0.370 e. The predicted molar refractivity (Wildman–Crippen MR) is 104 cm³/mol. The van der Waals surface area contributed by atoms with E-state index in [-0.39, 0.29) is 18.6 Å². The Hall–Kier alpha value is -2.41. The fourth-order valence-electron chi connectivity index (χ4n) is 3.46. The molecule has 2 aliphatic rings. The zero-order valence-corrected chi connectivity index (χ0v) is 16.2. The van der Waals surface area contributed by atoms with Crippen LogP contribution in [0.3, 0.4) is 0 Å². The van der Waals surface area contributed by atoms with Gasteiger partial charge in [-0.3, -0.25) is 19.3 Å². The number of benzene rings is 2. The molecule has 8 heteroatoms. The number of hydrogen-bond acceptors (Lipinski definition) is 4. The normalized spacial score (nSPS) is 19.1. The molecule has 2 aliphatic heterocycles. The maximum atomic E-state index is 12.8. The molecule has 28 heavy (non-hydrogen) atoms. The van der Waals surface area contributed by atoms with Crippen LogP contribution in [0.15, 0.2) is 42.5 Å². The average molecular weight is 419 g/mol. The zero-order valence-electron chi connectivity index (χ0n) is 14.7. The maximum Gasteiger partial charge on any atom is 0.262 e. The van der Waals surface area contributed by atoms with E-state index >= 15 is 0 Å². The number of rotatable bonds is 3. The Balaban J connectivity index is 1.47. The third kappa shape index (κ3) is 3.51. The monoisotopic (exact) mass is 418 g/mol. The van der Waals surface area contributed by atoms with Gasteiger partial charge in [0.1, 0.15) is 12.6 Å². The molecule has 1 fully saturated rings. The zero-order chi connectivity index (χ0) is 19.8. The van der Waals surface area contributed by atoms with Gasteiger partial charge in [-0.25, -0.2) is 0 Å². The molecule has 6 nitrogen and oxygen atoms in total. The topological polar surface area (TPSA) is 66.9 Å². The van der Waals surface area contributed by atoms with E-state index < -0.39 is 11.8 Å². The summed E-state index contributed by atoms with van der Waals surface area (Å²) >= 11 is 12.1. The van der Waals surface area contributed by atoms with Crippen LogP contribution in [0.2, 0.25) is 10.0 Å². The van der Waals surface area contributed by atoms with Crippen LogP contribution in [0.5, 0.6) is 0 Å². The number of carbonyl (C=O) groups is 3. The van der Waals surface area contributed by atoms with E-state index in [2.05, 4.69) is 0 Å². The van der Waals surface area contributed by atoms with Gasteiger partial charge in [-0.1, -0.05) is 35.3 Å². The molecule has 3 amide bonds. The summed E-state index contributed by atoms with van der Waals surface area (Å²) in [7, 11) is 0. The summed E-state index contributed by atoms with van der Waals surface area (Å²) in [4.78, 5) is 40.3. The average Bonchev–Trinajstić information content (AvgIpc) is 2.92. The van der Waals surface area contributed by atoms with Crippen molar-refractivity contribution < 1.29 is 19.1 Å². The first-order valence-electron chi connectivity index (χ1n) is 8.74. The molecular formula is C20H16Cl2N2O4. The molecular weight excluding hydrogens is 403 g/mol. The SMILES string of the molecule is O=C(CN1C(=O)c2ccccc2C1=O)N1CCOC(c2cc(Cl)cc(Cl)c2)C1. The lowest BCUT2D eigenvalue weighted by Crippen LogP contribution is -2.47. The molecule has 1 atom stereocenters. The molecule has 2 heterocycles. The fourth-order valence-corrected chi connectivity index (χ4v) is 4.00. The molecule has 0 spiro atoms. The standard InChI is InChI=1S/C20H16Cl2N2O4/c21-13-7-12(8-14(22)9-13)17-10-23(5-6-28-17)18(25)11-24-19(26)15-3-1-2-4-16(15)20(24)27/h1-4,7-9,17H,5-6,10-11H2. The van der Waals surface area contributed by atoms with Gasteiger partial charge in [-0.15, -0.1) is 0 Å². The first-order valence-corrected chi connectivity index (χ1v) is 9.50. The third-order valence-corrected chi connectivity index (χ3v) is 5.28. The summed E-state index contributed by atoms with van der Waals surface area (Å²) in [6, 6.07) is 11.7. The van der Waals surface area contributed by atoms with Gasteiger partial charge in [-0.2, -0.15) is 0 Å². The number of nitrogens with zero attached hydrogens (tertiary/aromatic N) is 2. The van der Waals surface area contributed by atoms with Gasteiger partial charge in [0.2, 0.25) is 5.91 Å². The number of fused-ring (bicyclic) bond motifs is 1. The fraction of sp³-hybridized carbons (Fsp3) is 0.250. The van der Waals surface area contributed by atoms with Crippen molar-refractivity contribution in [1.82, 2.24) is 9.80 Å². The van der Waals surface area contributed by atoms with Crippen LogP contribution in [-0.4, -0.2) is 53.8 Å². The molecule has 144 valence electrons. The van der Waals surface area contributed by atoms with Crippen LogP contribution in [-0.2, 0) is 9.53 Å². The quantitative estimate of drug-likeness (QED) is 0.717. The highest BCUT2D eigenvalue weighted by molar-refractivity contribution is 6.34.